The lowest BCUT2D eigenvalue weighted by molar-refractivity contribution is -0.142. The Morgan fingerprint density at radius 1 is 1.00 bits per heavy atom. The van der Waals surface area contributed by atoms with Crippen molar-refractivity contribution in [2.45, 2.75) is 25.0 Å². The zero-order valence-electron chi connectivity index (χ0n) is 15.0. The number of rotatable bonds is 4. The van der Waals surface area contributed by atoms with Crippen molar-refractivity contribution in [2.24, 2.45) is 0 Å². The lowest BCUT2D eigenvalue weighted by atomic mass is 10.0. The first-order valence-corrected chi connectivity index (χ1v) is 9.18. The monoisotopic (exact) mass is 366 g/mol. The molecule has 2 fully saturated rings. The van der Waals surface area contributed by atoms with Crippen molar-refractivity contribution >= 4 is 23.1 Å². The third-order valence-electron chi connectivity index (χ3n) is 5.20. The average Bonchev–Trinajstić information content (AvgIpc) is 2.99. The van der Waals surface area contributed by atoms with E-state index in [1.807, 2.05) is 30.3 Å². The maximum Gasteiger partial charge on any atom is 0.314 e. The molecule has 2 atom stereocenters. The summed E-state index contributed by atoms with van der Waals surface area (Å²) in [5.41, 5.74) is 2.04. The predicted molar refractivity (Wildman–Crippen MR) is 102 cm³/mol. The van der Waals surface area contributed by atoms with E-state index in [9.17, 15) is 14.7 Å². The summed E-state index contributed by atoms with van der Waals surface area (Å²) in [7, 11) is 0. The fourth-order valence-corrected chi connectivity index (χ4v) is 3.89. The molecular weight excluding hydrogens is 344 g/mol. The summed E-state index contributed by atoms with van der Waals surface area (Å²) >= 11 is 0. The Morgan fingerprint density at radius 2 is 1.78 bits per heavy atom. The van der Waals surface area contributed by atoms with E-state index in [2.05, 4.69) is 21.9 Å². The fraction of sp³-hybridized carbons (Fsp3) is 0.333. The molecule has 27 heavy (non-hydrogen) atoms. The number of hydrogen-bond donors (Lipinski definition) is 1. The van der Waals surface area contributed by atoms with Crippen molar-refractivity contribution in [1.82, 2.24) is 0 Å². The summed E-state index contributed by atoms with van der Waals surface area (Å²) in [5, 5.41) is 9.86. The Morgan fingerprint density at radius 3 is 2.48 bits per heavy atom. The number of nitrogens with zero attached hydrogens (tertiary/aromatic N) is 2. The fourth-order valence-electron chi connectivity index (χ4n) is 3.89. The molecule has 2 heterocycles. The molecule has 2 aromatic carbocycles. The summed E-state index contributed by atoms with van der Waals surface area (Å²) in [5.74, 6) is -0.377. The second kappa shape index (κ2) is 7.31. The van der Waals surface area contributed by atoms with Crippen LogP contribution in [0.4, 0.5) is 11.4 Å². The Bertz CT molecular complexity index is 839. The minimum Gasteiger partial charge on any atom is -0.508 e. The van der Waals surface area contributed by atoms with E-state index in [1.165, 1.54) is 0 Å². The van der Waals surface area contributed by atoms with Crippen molar-refractivity contribution in [2.75, 3.05) is 29.4 Å². The van der Waals surface area contributed by atoms with Crippen LogP contribution in [0.3, 0.4) is 0 Å². The third-order valence-corrected chi connectivity index (χ3v) is 5.20. The number of anilines is 2. The van der Waals surface area contributed by atoms with Crippen molar-refractivity contribution in [3.8, 4) is 5.75 Å². The van der Waals surface area contributed by atoms with Crippen LogP contribution in [0.25, 0.3) is 0 Å². The number of benzene rings is 2. The van der Waals surface area contributed by atoms with E-state index < -0.39 is 12.1 Å². The number of carbonyl (C=O) groups is 2. The number of phenolic OH excluding ortho intramolecular Hbond substituents is 1. The summed E-state index contributed by atoms with van der Waals surface area (Å²) < 4.78 is 5.24. The molecule has 0 aromatic heterocycles. The summed E-state index contributed by atoms with van der Waals surface area (Å²) in [6.45, 7) is 2.29. The second-order valence-corrected chi connectivity index (χ2v) is 7.01. The number of carbonyl (C=O) groups excluding carboxylic acids is 2. The Kier molecular flexibility index (Phi) is 4.71. The van der Waals surface area contributed by atoms with Gasteiger partial charge in [-0.3, -0.25) is 9.59 Å². The van der Waals surface area contributed by atoms with Gasteiger partial charge in [0.15, 0.2) is 11.9 Å². The predicted octanol–water partition coefficient (Wildman–Crippen LogP) is 2.36. The van der Waals surface area contributed by atoms with Crippen LogP contribution in [0.2, 0.25) is 0 Å². The van der Waals surface area contributed by atoms with Gasteiger partial charge < -0.3 is 19.6 Å². The van der Waals surface area contributed by atoms with Crippen LogP contribution >= 0.6 is 0 Å². The largest absolute Gasteiger partial charge is 0.508 e. The van der Waals surface area contributed by atoms with E-state index in [0.717, 1.165) is 24.5 Å². The molecule has 1 N–H and O–H groups in total. The van der Waals surface area contributed by atoms with Crippen molar-refractivity contribution < 1.29 is 19.4 Å². The van der Waals surface area contributed by atoms with Gasteiger partial charge in [0.1, 0.15) is 12.2 Å². The van der Waals surface area contributed by atoms with Crippen molar-refractivity contribution in [3.05, 3.63) is 54.6 Å². The first-order valence-electron chi connectivity index (χ1n) is 9.18. The van der Waals surface area contributed by atoms with E-state index >= 15 is 0 Å². The molecule has 2 aromatic rings. The van der Waals surface area contributed by atoms with Gasteiger partial charge in [0.05, 0.1) is 6.04 Å². The summed E-state index contributed by atoms with van der Waals surface area (Å²) in [6.07, 6.45) is -0.367. The van der Waals surface area contributed by atoms with Crippen molar-refractivity contribution in [3.63, 3.8) is 0 Å². The van der Waals surface area contributed by atoms with Gasteiger partial charge >= 0.3 is 5.97 Å². The molecular formula is C21H22N2O4. The number of cyclic esters (lactones) is 1. The molecule has 0 radical (unpaired) electrons. The summed E-state index contributed by atoms with van der Waals surface area (Å²) in [4.78, 5) is 28.1. The number of aromatic hydroxyl groups is 1. The normalized spacial score (nSPS) is 22.8. The van der Waals surface area contributed by atoms with E-state index in [4.69, 9.17) is 4.74 Å². The van der Waals surface area contributed by atoms with Gasteiger partial charge in [-0.05, 0) is 24.3 Å². The smallest absolute Gasteiger partial charge is 0.314 e. The minimum atomic E-state index is -0.682. The first kappa shape index (κ1) is 17.4. The van der Waals surface area contributed by atoms with E-state index in [0.29, 0.717) is 13.0 Å². The van der Waals surface area contributed by atoms with Gasteiger partial charge in [0, 0.05) is 43.5 Å². The van der Waals surface area contributed by atoms with Crippen LogP contribution in [0.15, 0.2) is 54.6 Å². The lowest BCUT2D eigenvalue weighted by Crippen LogP contribution is -2.55. The number of para-hydroxylation sites is 1. The third kappa shape index (κ3) is 3.74. The molecule has 0 aliphatic carbocycles. The lowest BCUT2D eigenvalue weighted by Gasteiger charge is -2.44. The Hall–Kier alpha value is -3.02. The van der Waals surface area contributed by atoms with Crippen LogP contribution < -0.4 is 9.80 Å². The van der Waals surface area contributed by atoms with Gasteiger partial charge in [0.2, 0.25) is 0 Å². The molecule has 2 aliphatic rings. The molecule has 6 heteroatoms. The number of esters is 1. The number of ether oxygens (including phenoxy) is 1. The highest BCUT2D eigenvalue weighted by molar-refractivity contribution is 6.03. The van der Waals surface area contributed by atoms with Crippen LogP contribution in [-0.4, -0.2) is 48.6 Å². The maximum absolute atomic E-state index is 12.1. The molecule has 4 rings (SSSR count). The average molecular weight is 366 g/mol. The van der Waals surface area contributed by atoms with Crippen LogP contribution in [-0.2, 0) is 14.3 Å². The zero-order valence-corrected chi connectivity index (χ0v) is 15.0. The minimum absolute atomic E-state index is 0.0133. The quantitative estimate of drug-likeness (QED) is 0.662. The Labute approximate surface area is 158 Å². The molecule has 0 amide bonds. The number of piperazine rings is 1. The molecule has 0 bridgehead atoms. The second-order valence-electron chi connectivity index (χ2n) is 7.01. The highest BCUT2D eigenvalue weighted by Gasteiger charge is 2.38. The molecule has 2 saturated heterocycles. The highest BCUT2D eigenvalue weighted by Crippen LogP contribution is 2.29. The summed E-state index contributed by atoms with van der Waals surface area (Å²) in [6, 6.07) is 17.3. The van der Waals surface area contributed by atoms with E-state index in [-0.39, 0.29) is 24.0 Å². The topological polar surface area (TPSA) is 70.1 Å². The van der Waals surface area contributed by atoms with Crippen molar-refractivity contribution in [1.29, 1.82) is 0 Å². The van der Waals surface area contributed by atoms with Gasteiger partial charge in [0.25, 0.3) is 0 Å². The Balaban J connectivity index is 1.58. The van der Waals surface area contributed by atoms with Crippen LogP contribution in [0.1, 0.15) is 12.8 Å². The number of phenols is 1. The molecule has 0 spiro atoms. The van der Waals surface area contributed by atoms with Crippen LogP contribution in [0, 0.1) is 0 Å². The number of hydrogen-bond acceptors (Lipinski definition) is 6. The zero-order chi connectivity index (χ0) is 18.8. The molecule has 0 saturated carbocycles. The number of ketones is 1. The molecule has 140 valence electrons. The first-order chi connectivity index (χ1) is 13.1. The number of Topliss-reactive ketones (excluding diaryl/α,β-unsaturated/α-hetero) is 1. The van der Waals surface area contributed by atoms with Gasteiger partial charge in [-0.15, -0.1) is 0 Å². The molecule has 2 unspecified atom stereocenters. The van der Waals surface area contributed by atoms with Gasteiger partial charge in [-0.2, -0.15) is 0 Å². The molecule has 6 nitrogen and oxygen atoms in total. The van der Waals surface area contributed by atoms with E-state index in [1.54, 1.807) is 12.1 Å². The maximum atomic E-state index is 12.1. The standard InChI is InChI=1S/C21H22N2O4/c24-18-8-4-7-16(11-18)23-10-9-22(15-5-2-1-3-6-15)14-17(23)12-20-19(25)13-21(26)27-20/h1-8,11,17,20,24H,9-10,12-14H2. The van der Waals surface area contributed by atoms with Gasteiger partial charge in [-0.1, -0.05) is 24.3 Å². The van der Waals surface area contributed by atoms with Crippen LogP contribution in [0.5, 0.6) is 5.75 Å². The van der Waals surface area contributed by atoms with Gasteiger partial charge in [-0.25, -0.2) is 0 Å². The SMILES string of the molecule is O=C1CC(=O)C(CC2CN(c3ccccc3)CCN2c2cccc(O)c2)O1. The highest BCUT2D eigenvalue weighted by atomic mass is 16.6. The molecule has 2 aliphatic heterocycles.